The number of rotatable bonds is 9. The molecule has 7 nitrogen and oxygen atoms in total. The summed E-state index contributed by atoms with van der Waals surface area (Å²) >= 11 is 2.99. The molecule has 1 aliphatic heterocycles. The molecule has 0 aromatic carbocycles. The smallest absolute Gasteiger partial charge is 0.233 e. The van der Waals surface area contributed by atoms with Gasteiger partial charge in [-0.3, -0.25) is 9.69 Å². The lowest BCUT2D eigenvalue weighted by Crippen LogP contribution is -2.37. The molecule has 2 N–H and O–H groups in total. The first kappa shape index (κ1) is 17.9. The third kappa shape index (κ3) is 5.87. The van der Waals surface area contributed by atoms with E-state index in [9.17, 15) is 4.79 Å². The van der Waals surface area contributed by atoms with Crippen molar-refractivity contribution in [2.75, 3.05) is 44.7 Å². The van der Waals surface area contributed by atoms with Crippen LogP contribution in [-0.4, -0.2) is 71.7 Å². The van der Waals surface area contributed by atoms with Crippen LogP contribution < -0.4 is 10.6 Å². The van der Waals surface area contributed by atoms with Crippen molar-refractivity contribution in [3.63, 3.8) is 0 Å². The average molecular weight is 372 g/mol. The van der Waals surface area contributed by atoms with E-state index in [0.29, 0.717) is 6.04 Å². The number of ether oxygens (including phenoxy) is 1. The van der Waals surface area contributed by atoms with E-state index in [-0.39, 0.29) is 11.2 Å². The fraction of sp³-hybridized carbons (Fsp3) is 0.800. The number of hydrogen-bond acceptors (Lipinski definition) is 8. The second-order valence-corrected chi connectivity index (χ2v) is 8.72. The fourth-order valence-corrected chi connectivity index (χ4v) is 4.33. The fourth-order valence-electron chi connectivity index (χ4n) is 2.40. The van der Waals surface area contributed by atoms with Gasteiger partial charge in [0.05, 0.1) is 18.5 Å². The van der Waals surface area contributed by atoms with E-state index in [1.54, 1.807) is 0 Å². The first-order chi connectivity index (χ1) is 11.7. The van der Waals surface area contributed by atoms with Crippen molar-refractivity contribution in [1.29, 1.82) is 0 Å². The SMILES string of the molecule is C[C@@H](Sc1nnc(NCCCN2CCOCC2)s1)C(=O)NC1CC1. The minimum atomic E-state index is -0.132. The highest BCUT2D eigenvalue weighted by Gasteiger charge is 2.26. The van der Waals surface area contributed by atoms with Crippen molar-refractivity contribution in [3.8, 4) is 0 Å². The Hall–Kier alpha value is -0.900. The normalized spacial score (nSPS) is 19.9. The third-order valence-corrected chi connectivity index (χ3v) is 6.07. The van der Waals surface area contributed by atoms with Crippen molar-refractivity contribution in [3.05, 3.63) is 0 Å². The van der Waals surface area contributed by atoms with Gasteiger partial charge in [-0.15, -0.1) is 10.2 Å². The molecule has 134 valence electrons. The van der Waals surface area contributed by atoms with Crippen LogP contribution in [0.15, 0.2) is 4.34 Å². The molecule has 0 radical (unpaired) electrons. The number of nitrogens with zero attached hydrogens (tertiary/aromatic N) is 3. The van der Waals surface area contributed by atoms with Crippen LogP contribution in [0.4, 0.5) is 5.13 Å². The Morgan fingerprint density at radius 1 is 1.42 bits per heavy atom. The van der Waals surface area contributed by atoms with Gasteiger partial charge in [-0.2, -0.15) is 0 Å². The zero-order chi connectivity index (χ0) is 16.8. The van der Waals surface area contributed by atoms with Crippen LogP contribution in [0.2, 0.25) is 0 Å². The lowest BCUT2D eigenvalue weighted by molar-refractivity contribution is -0.120. The summed E-state index contributed by atoms with van der Waals surface area (Å²) in [6, 6.07) is 0.402. The number of carbonyl (C=O) groups excluding carboxylic acids is 1. The Morgan fingerprint density at radius 3 is 2.96 bits per heavy atom. The van der Waals surface area contributed by atoms with Crippen molar-refractivity contribution in [1.82, 2.24) is 20.4 Å². The molecule has 1 atom stereocenters. The first-order valence-electron chi connectivity index (χ1n) is 8.55. The number of hydrogen-bond donors (Lipinski definition) is 2. The number of nitrogens with one attached hydrogen (secondary N) is 2. The minimum absolute atomic E-state index is 0.0951. The van der Waals surface area contributed by atoms with Gasteiger partial charge in [-0.05, 0) is 32.7 Å². The summed E-state index contributed by atoms with van der Waals surface area (Å²) in [5.41, 5.74) is 0. The third-order valence-electron chi connectivity index (χ3n) is 4.01. The molecule has 1 amide bonds. The lowest BCUT2D eigenvalue weighted by atomic mass is 10.3. The maximum atomic E-state index is 12.0. The molecular formula is C15H25N5O2S2. The van der Waals surface area contributed by atoms with Crippen molar-refractivity contribution in [2.24, 2.45) is 0 Å². The van der Waals surface area contributed by atoms with Gasteiger partial charge in [0, 0.05) is 25.7 Å². The van der Waals surface area contributed by atoms with E-state index in [4.69, 9.17) is 4.74 Å². The Bertz CT molecular complexity index is 532. The van der Waals surface area contributed by atoms with Gasteiger partial charge in [0.25, 0.3) is 0 Å². The first-order valence-corrected chi connectivity index (χ1v) is 10.2. The highest BCUT2D eigenvalue weighted by molar-refractivity contribution is 8.02. The predicted molar refractivity (Wildman–Crippen MR) is 96.8 cm³/mol. The molecule has 2 aliphatic rings. The molecule has 1 aromatic heterocycles. The molecule has 0 bridgehead atoms. The Kier molecular flexibility index (Phi) is 6.70. The quantitative estimate of drug-likeness (QED) is 0.502. The summed E-state index contributed by atoms with van der Waals surface area (Å²) in [5, 5.41) is 15.4. The maximum Gasteiger partial charge on any atom is 0.233 e. The topological polar surface area (TPSA) is 79.4 Å². The van der Waals surface area contributed by atoms with E-state index in [1.807, 2.05) is 6.92 Å². The minimum Gasteiger partial charge on any atom is -0.379 e. The van der Waals surface area contributed by atoms with Crippen molar-refractivity contribution < 1.29 is 9.53 Å². The molecular weight excluding hydrogens is 346 g/mol. The van der Waals surface area contributed by atoms with Gasteiger partial charge < -0.3 is 15.4 Å². The van der Waals surface area contributed by atoms with Gasteiger partial charge in [-0.1, -0.05) is 23.1 Å². The summed E-state index contributed by atoms with van der Waals surface area (Å²) in [6.07, 6.45) is 3.29. The molecule has 1 saturated carbocycles. The molecule has 3 rings (SSSR count). The van der Waals surface area contributed by atoms with Crippen LogP contribution in [0, 0.1) is 0 Å². The summed E-state index contributed by atoms with van der Waals surface area (Å²) in [7, 11) is 0. The molecule has 9 heteroatoms. The van der Waals surface area contributed by atoms with E-state index in [2.05, 4.69) is 25.7 Å². The van der Waals surface area contributed by atoms with E-state index in [0.717, 1.165) is 68.1 Å². The molecule has 1 aromatic rings. The van der Waals surface area contributed by atoms with Crippen LogP contribution in [0.25, 0.3) is 0 Å². The molecule has 0 unspecified atom stereocenters. The Labute approximate surface area is 150 Å². The highest BCUT2D eigenvalue weighted by Crippen LogP contribution is 2.29. The van der Waals surface area contributed by atoms with Gasteiger partial charge >= 0.3 is 0 Å². The van der Waals surface area contributed by atoms with Gasteiger partial charge in [0.1, 0.15) is 0 Å². The summed E-state index contributed by atoms with van der Waals surface area (Å²) in [4.78, 5) is 14.4. The van der Waals surface area contributed by atoms with Crippen molar-refractivity contribution in [2.45, 2.75) is 41.8 Å². The highest BCUT2D eigenvalue weighted by atomic mass is 32.2. The van der Waals surface area contributed by atoms with Crippen LogP contribution in [0.3, 0.4) is 0 Å². The summed E-state index contributed by atoms with van der Waals surface area (Å²) in [5.74, 6) is 0.0951. The largest absolute Gasteiger partial charge is 0.379 e. The number of morpholine rings is 1. The molecule has 2 heterocycles. The molecule has 1 aliphatic carbocycles. The van der Waals surface area contributed by atoms with Crippen LogP contribution >= 0.6 is 23.1 Å². The molecule has 0 spiro atoms. The monoisotopic (exact) mass is 371 g/mol. The van der Waals surface area contributed by atoms with E-state index >= 15 is 0 Å². The Balaban J connectivity index is 1.33. The van der Waals surface area contributed by atoms with E-state index < -0.39 is 0 Å². The van der Waals surface area contributed by atoms with Crippen LogP contribution in [0.1, 0.15) is 26.2 Å². The lowest BCUT2D eigenvalue weighted by Gasteiger charge is -2.26. The van der Waals surface area contributed by atoms with Gasteiger partial charge in [-0.25, -0.2) is 0 Å². The zero-order valence-corrected chi connectivity index (χ0v) is 15.6. The van der Waals surface area contributed by atoms with Crippen LogP contribution in [-0.2, 0) is 9.53 Å². The summed E-state index contributed by atoms with van der Waals surface area (Å²) in [6.45, 7) is 7.62. The number of amides is 1. The molecule has 24 heavy (non-hydrogen) atoms. The maximum absolute atomic E-state index is 12.0. The second-order valence-electron chi connectivity index (χ2n) is 6.15. The van der Waals surface area contributed by atoms with Crippen molar-refractivity contribution >= 4 is 34.1 Å². The number of aromatic nitrogens is 2. The number of carbonyl (C=O) groups is 1. The van der Waals surface area contributed by atoms with Gasteiger partial charge in [0.15, 0.2) is 4.34 Å². The number of anilines is 1. The van der Waals surface area contributed by atoms with E-state index in [1.165, 1.54) is 23.1 Å². The van der Waals surface area contributed by atoms with Gasteiger partial charge in [0.2, 0.25) is 11.0 Å². The second kappa shape index (κ2) is 8.98. The zero-order valence-electron chi connectivity index (χ0n) is 14.0. The summed E-state index contributed by atoms with van der Waals surface area (Å²) < 4.78 is 6.18. The Morgan fingerprint density at radius 2 is 2.21 bits per heavy atom. The van der Waals surface area contributed by atoms with Crippen LogP contribution in [0.5, 0.6) is 0 Å². The molecule has 2 fully saturated rings. The predicted octanol–water partition coefficient (Wildman–Crippen LogP) is 1.43. The standard InChI is InChI=1S/C15H25N5O2S2/c1-11(13(21)17-12-3-4-12)23-15-19-18-14(24-15)16-5-2-6-20-7-9-22-10-8-20/h11-12H,2-10H2,1H3,(H,16,18)(H,17,21)/t11-/m1/s1. The average Bonchev–Trinajstić information content (AvgIpc) is 3.30. The number of thioether (sulfide) groups is 1. The molecule has 1 saturated heterocycles.